The highest BCUT2D eigenvalue weighted by atomic mass is 32.2. The van der Waals surface area contributed by atoms with Gasteiger partial charge in [-0.2, -0.15) is 8.42 Å². The lowest BCUT2D eigenvalue weighted by Gasteiger charge is -2.12. The fourth-order valence-electron chi connectivity index (χ4n) is 7.72. The molecule has 60 heavy (non-hydrogen) atoms. The Balaban J connectivity index is 2.18. The van der Waals surface area contributed by atoms with E-state index in [2.05, 4.69) is 38.2 Å². The van der Waals surface area contributed by atoms with Crippen molar-refractivity contribution in [3.8, 4) is 0 Å². The van der Waals surface area contributed by atoms with E-state index in [4.69, 9.17) is 9.47 Å². The third-order valence-electron chi connectivity index (χ3n) is 11.5. The van der Waals surface area contributed by atoms with E-state index in [1.807, 2.05) is 0 Å². The van der Waals surface area contributed by atoms with Crippen LogP contribution in [0.2, 0.25) is 0 Å². The molecule has 0 radical (unpaired) electrons. The van der Waals surface area contributed by atoms with Crippen molar-refractivity contribution in [3.63, 3.8) is 0 Å². The zero-order chi connectivity index (χ0) is 43.6. The molecule has 0 heterocycles. The van der Waals surface area contributed by atoms with E-state index in [1.165, 1.54) is 179 Å². The minimum atomic E-state index is -4.78. The zero-order valence-electron chi connectivity index (χ0n) is 38.7. The molecule has 0 aliphatic heterocycles. The van der Waals surface area contributed by atoms with E-state index in [9.17, 15) is 22.6 Å². The zero-order valence-corrected chi connectivity index (χ0v) is 39.5. The number of benzene rings is 1. The van der Waals surface area contributed by atoms with Crippen LogP contribution in [-0.2, 0) is 19.6 Å². The van der Waals surface area contributed by atoms with Gasteiger partial charge < -0.3 is 9.47 Å². The number of hydrogen-bond donors (Lipinski definition) is 1. The van der Waals surface area contributed by atoms with E-state index >= 15 is 0 Å². The second kappa shape index (κ2) is 40.6. The van der Waals surface area contributed by atoms with Gasteiger partial charge in [-0.3, -0.25) is 4.55 Å². The smallest absolute Gasteiger partial charge is 0.340 e. The molecule has 0 atom stereocenters. The predicted molar refractivity (Wildman–Crippen MR) is 253 cm³/mol. The van der Waals surface area contributed by atoms with Crippen molar-refractivity contribution in [1.29, 1.82) is 0 Å². The Morgan fingerprint density at radius 3 is 1.08 bits per heavy atom. The van der Waals surface area contributed by atoms with Gasteiger partial charge in [-0.1, -0.05) is 198 Å². The van der Waals surface area contributed by atoms with E-state index in [0.717, 1.165) is 57.4 Å². The van der Waals surface area contributed by atoms with Crippen LogP contribution in [0.3, 0.4) is 0 Å². The third kappa shape index (κ3) is 32.3. The summed E-state index contributed by atoms with van der Waals surface area (Å²) in [4.78, 5) is 25.4. The van der Waals surface area contributed by atoms with Crippen molar-refractivity contribution in [1.82, 2.24) is 0 Å². The van der Waals surface area contributed by atoms with Gasteiger partial charge >= 0.3 is 11.9 Å². The number of rotatable bonds is 43. The van der Waals surface area contributed by atoms with Crippen LogP contribution in [0.4, 0.5) is 0 Å². The van der Waals surface area contributed by atoms with Crippen molar-refractivity contribution in [2.24, 2.45) is 0 Å². The topological polar surface area (TPSA) is 107 Å². The van der Waals surface area contributed by atoms with E-state index in [0.29, 0.717) is 12.8 Å². The first-order valence-corrected chi connectivity index (χ1v) is 26.5. The highest BCUT2D eigenvalue weighted by Crippen LogP contribution is 2.23. The molecule has 346 valence electrons. The lowest BCUT2D eigenvalue weighted by molar-refractivity contribution is 0.0447. The van der Waals surface area contributed by atoms with Gasteiger partial charge in [0.05, 0.1) is 24.3 Å². The Hall–Kier alpha value is -2.45. The van der Waals surface area contributed by atoms with Gasteiger partial charge in [0, 0.05) is 0 Å². The van der Waals surface area contributed by atoms with Crippen LogP contribution in [0.1, 0.15) is 266 Å². The largest absolute Gasteiger partial charge is 0.462 e. The standard InChI is InChI=1S/C52H90O7S/c1-3-5-7-9-11-13-15-17-19-21-23-25-27-29-31-33-35-37-39-41-46-58-51(53)48-44-43-45-49(60(55,56)57)50(48)52(54)59-47-42-40-38-36-34-32-30-28-26-24-22-20-18-16-14-12-10-8-6-4-2/h31-34,43-45H,3-30,35-42,46-47H2,1-2H3,(H,55,56,57)/b33-31+,34-32+. The number of unbranched alkanes of at least 4 members (excludes halogenated alkanes) is 32. The number of carbonyl (C=O) groups excluding carboxylic acids is 2. The Kier molecular flexibility index (Phi) is 37.6. The first-order chi connectivity index (χ1) is 29.3. The van der Waals surface area contributed by atoms with Crippen LogP contribution in [0.5, 0.6) is 0 Å². The van der Waals surface area contributed by atoms with Crippen LogP contribution < -0.4 is 0 Å². The molecule has 0 aromatic heterocycles. The van der Waals surface area contributed by atoms with Crippen molar-refractivity contribution in [2.75, 3.05) is 13.2 Å². The SMILES string of the molecule is CCCCCCCCCCCCCCC/C=C/CCCCCOC(=O)c1cccc(S(=O)(=O)O)c1C(=O)OCCCCC/C=C/CCCCCCCCCCCCCCC. The number of hydrogen-bond acceptors (Lipinski definition) is 6. The fourth-order valence-corrected chi connectivity index (χ4v) is 8.42. The molecule has 0 spiro atoms. The molecular formula is C52H90O7S. The van der Waals surface area contributed by atoms with Crippen LogP contribution in [0.15, 0.2) is 47.4 Å². The first-order valence-electron chi connectivity index (χ1n) is 25.1. The normalized spacial score (nSPS) is 11.9. The summed E-state index contributed by atoms with van der Waals surface area (Å²) in [6.45, 7) is 4.78. The number of esters is 2. The average Bonchev–Trinajstić information content (AvgIpc) is 3.24. The summed E-state index contributed by atoms with van der Waals surface area (Å²) >= 11 is 0. The van der Waals surface area contributed by atoms with Gasteiger partial charge in [0.2, 0.25) is 0 Å². The molecule has 0 amide bonds. The number of carbonyl (C=O) groups is 2. The second-order valence-electron chi connectivity index (χ2n) is 17.1. The maximum atomic E-state index is 13.1. The minimum absolute atomic E-state index is 0.0870. The van der Waals surface area contributed by atoms with Crippen LogP contribution in [0, 0.1) is 0 Å². The van der Waals surface area contributed by atoms with E-state index < -0.39 is 32.5 Å². The van der Waals surface area contributed by atoms with Gasteiger partial charge in [-0.25, -0.2) is 9.59 Å². The van der Waals surface area contributed by atoms with Crippen molar-refractivity contribution in [2.45, 2.75) is 250 Å². The average molecular weight is 859 g/mol. The molecule has 1 rings (SSSR count). The molecule has 1 aromatic rings. The van der Waals surface area contributed by atoms with Crippen LogP contribution in [-0.4, -0.2) is 38.1 Å². The quantitative estimate of drug-likeness (QED) is 0.0302. The molecule has 0 aliphatic rings. The van der Waals surface area contributed by atoms with Gasteiger partial charge in [0.1, 0.15) is 4.90 Å². The molecule has 0 saturated carbocycles. The lowest BCUT2D eigenvalue weighted by atomic mass is 10.0. The Labute approximate surface area is 369 Å². The second-order valence-corrected chi connectivity index (χ2v) is 18.5. The summed E-state index contributed by atoms with van der Waals surface area (Å²) in [5.74, 6) is -1.77. The maximum Gasteiger partial charge on any atom is 0.340 e. The first kappa shape index (κ1) is 55.6. The highest BCUT2D eigenvalue weighted by Gasteiger charge is 2.28. The molecule has 0 fully saturated rings. The number of allylic oxidation sites excluding steroid dienone is 4. The Morgan fingerprint density at radius 1 is 0.450 bits per heavy atom. The highest BCUT2D eigenvalue weighted by molar-refractivity contribution is 7.86. The molecule has 0 bridgehead atoms. The van der Waals surface area contributed by atoms with Crippen LogP contribution in [0.25, 0.3) is 0 Å². The lowest BCUT2D eigenvalue weighted by Crippen LogP contribution is -2.19. The molecule has 0 saturated heterocycles. The molecule has 1 aromatic carbocycles. The molecule has 0 aliphatic carbocycles. The summed E-state index contributed by atoms with van der Waals surface area (Å²) in [5, 5.41) is 0. The Bertz CT molecular complexity index is 1340. The predicted octanol–water partition coefficient (Wildman–Crippen LogP) is 16.4. The van der Waals surface area contributed by atoms with Gasteiger partial charge in [0.15, 0.2) is 0 Å². The van der Waals surface area contributed by atoms with Gasteiger partial charge in [-0.05, 0) is 89.2 Å². The molecule has 7 nitrogen and oxygen atoms in total. The summed E-state index contributed by atoms with van der Waals surface area (Å²) in [6, 6.07) is 3.74. The van der Waals surface area contributed by atoms with Crippen molar-refractivity contribution < 1.29 is 32.0 Å². The van der Waals surface area contributed by atoms with Crippen molar-refractivity contribution >= 4 is 22.1 Å². The van der Waals surface area contributed by atoms with Crippen molar-refractivity contribution in [3.05, 3.63) is 53.6 Å². The molecular weight excluding hydrogens is 769 g/mol. The number of ether oxygens (including phenoxy) is 2. The third-order valence-corrected chi connectivity index (χ3v) is 12.4. The molecule has 1 N–H and O–H groups in total. The summed E-state index contributed by atoms with van der Waals surface area (Å²) in [5.41, 5.74) is -0.699. The molecule has 0 unspecified atom stereocenters. The maximum absolute atomic E-state index is 13.1. The van der Waals surface area contributed by atoms with E-state index in [-0.39, 0.29) is 18.8 Å². The molecule has 8 heteroatoms. The fraction of sp³-hybridized carbons (Fsp3) is 0.769. The Morgan fingerprint density at radius 2 is 0.750 bits per heavy atom. The summed E-state index contributed by atoms with van der Waals surface area (Å²) < 4.78 is 44.9. The summed E-state index contributed by atoms with van der Waals surface area (Å²) in [7, 11) is -4.78. The van der Waals surface area contributed by atoms with Crippen LogP contribution >= 0.6 is 0 Å². The van der Waals surface area contributed by atoms with Gasteiger partial charge in [0.25, 0.3) is 10.1 Å². The summed E-state index contributed by atoms with van der Waals surface area (Å²) in [6.07, 6.45) is 53.6. The van der Waals surface area contributed by atoms with Gasteiger partial charge in [-0.15, -0.1) is 0 Å². The van der Waals surface area contributed by atoms with E-state index in [1.54, 1.807) is 0 Å². The monoisotopic (exact) mass is 859 g/mol. The minimum Gasteiger partial charge on any atom is -0.462 e.